The van der Waals surface area contributed by atoms with Crippen molar-refractivity contribution in [2.45, 2.75) is 40.0 Å². The number of anilines is 2. The van der Waals surface area contributed by atoms with Crippen LogP contribution in [0.25, 0.3) is 33.5 Å². The molecule has 2 aliphatic rings. The lowest BCUT2D eigenvalue weighted by Crippen LogP contribution is -2.17. The predicted octanol–water partition coefficient (Wildman–Crippen LogP) is 13.1. The number of hydrogen-bond acceptors (Lipinski definition) is 1. The van der Waals surface area contributed by atoms with Crippen molar-refractivity contribution in [2.24, 2.45) is 13.0 Å². The van der Waals surface area contributed by atoms with Crippen molar-refractivity contribution in [3.63, 3.8) is 0 Å². The number of para-hydroxylation sites is 3. The third-order valence-electron chi connectivity index (χ3n) is 9.83. The minimum absolute atomic E-state index is 0.602. The average molecular weight is 653 g/mol. The normalized spacial score (nSPS) is 14.7. The summed E-state index contributed by atoms with van der Waals surface area (Å²) < 4.78 is 2.41. The summed E-state index contributed by atoms with van der Waals surface area (Å²) >= 11 is 0. The summed E-state index contributed by atoms with van der Waals surface area (Å²) in [6, 6.07) is 41.3. The molecule has 1 unspecified atom stereocenters. The van der Waals surface area contributed by atoms with E-state index >= 15 is 0 Å². The van der Waals surface area contributed by atoms with Gasteiger partial charge in [-0.2, -0.15) is 0 Å². The molecule has 0 aliphatic heterocycles. The number of allylic oxidation sites excluding steroid dienone is 7. The van der Waals surface area contributed by atoms with E-state index < -0.39 is 0 Å². The van der Waals surface area contributed by atoms with Gasteiger partial charge in [-0.05, 0) is 103 Å². The van der Waals surface area contributed by atoms with Crippen LogP contribution >= 0.6 is 0 Å². The van der Waals surface area contributed by atoms with Crippen molar-refractivity contribution in [3.05, 3.63) is 192 Å². The lowest BCUT2D eigenvalue weighted by Gasteiger charge is -2.30. The predicted molar refractivity (Wildman–Crippen MR) is 219 cm³/mol. The number of aryl methyl sites for hydroxylation is 3. The van der Waals surface area contributed by atoms with Crippen LogP contribution in [0.3, 0.4) is 0 Å². The van der Waals surface area contributed by atoms with Gasteiger partial charge in [0.15, 0.2) is 0 Å². The van der Waals surface area contributed by atoms with Crippen LogP contribution in [-0.2, 0) is 13.5 Å². The van der Waals surface area contributed by atoms with E-state index in [2.05, 4.69) is 190 Å². The smallest absolute Gasteiger partial charge is 0.0565 e. The fourth-order valence-electron chi connectivity index (χ4n) is 7.08. The second-order valence-electron chi connectivity index (χ2n) is 13.2. The van der Waals surface area contributed by atoms with Gasteiger partial charge in [-0.3, -0.25) is 0 Å². The average Bonchev–Trinajstić information content (AvgIpc) is 3.46. The second kappa shape index (κ2) is 15.7. The standard InChI is InChI=1S/C36H32N2.C8H10.C4H6/c1-25-16-22-31-27(24-25)19-23-34-35(31)33-15-9-14-32(36(33)37(34)2)26-17-20-30(21-18-26)38(28-10-5-3-6-11-28)29-12-7-4-8-13-29;1-7-5-3-4-6-8(7)2;1-3-4-2/h3-17,19-20,22-23,25H,18,21,24H2,1-2H3;3-6H,1-2H3;3-4H,1-2H2. The van der Waals surface area contributed by atoms with E-state index in [-0.39, 0.29) is 0 Å². The molecule has 50 heavy (non-hydrogen) atoms. The molecule has 1 heterocycles. The molecule has 0 saturated heterocycles. The van der Waals surface area contributed by atoms with Crippen molar-refractivity contribution < 1.29 is 0 Å². The lowest BCUT2D eigenvalue weighted by molar-refractivity contribution is 0.718. The molecule has 2 nitrogen and oxygen atoms in total. The van der Waals surface area contributed by atoms with Gasteiger partial charge in [-0.1, -0.05) is 135 Å². The van der Waals surface area contributed by atoms with Crippen LogP contribution in [0.1, 0.15) is 47.6 Å². The van der Waals surface area contributed by atoms with E-state index in [1.165, 1.54) is 72.3 Å². The topological polar surface area (TPSA) is 8.17 Å². The number of aromatic nitrogens is 1. The summed E-state index contributed by atoms with van der Waals surface area (Å²) in [5.41, 5.74) is 14.7. The van der Waals surface area contributed by atoms with Gasteiger partial charge in [0, 0.05) is 46.0 Å². The number of fused-ring (bicyclic) bond motifs is 5. The molecule has 250 valence electrons. The molecule has 0 saturated carbocycles. The minimum atomic E-state index is 0.602. The first-order chi connectivity index (χ1) is 24.4. The first-order valence-electron chi connectivity index (χ1n) is 17.7. The molecule has 0 bridgehead atoms. The summed E-state index contributed by atoms with van der Waals surface area (Å²) in [4.78, 5) is 2.39. The van der Waals surface area contributed by atoms with Gasteiger partial charge in [0.25, 0.3) is 0 Å². The Balaban J connectivity index is 0.000000308. The summed E-state index contributed by atoms with van der Waals surface area (Å²) in [5, 5.41) is 2.76. The van der Waals surface area contributed by atoms with Crippen molar-refractivity contribution in [1.82, 2.24) is 4.57 Å². The molecule has 1 aromatic heterocycles. The molecule has 0 radical (unpaired) electrons. The van der Waals surface area contributed by atoms with Crippen LogP contribution in [0.2, 0.25) is 0 Å². The SMILES string of the molecule is C=CC=C.CC1C=Cc2c(ccc3c2c2cccc(C4=CC=C(N(c5ccccc5)c5ccccc5)CC4)c2n3C)C1.Cc1ccccc1C. The van der Waals surface area contributed by atoms with Crippen LogP contribution in [0.4, 0.5) is 11.4 Å². The third kappa shape index (κ3) is 7.21. The van der Waals surface area contributed by atoms with Gasteiger partial charge in [0.1, 0.15) is 0 Å². The summed E-state index contributed by atoms with van der Waals surface area (Å²) in [6.45, 7) is 13.3. The van der Waals surface area contributed by atoms with E-state index in [1.54, 1.807) is 12.2 Å². The van der Waals surface area contributed by atoms with E-state index in [0.29, 0.717) is 5.92 Å². The Morgan fingerprint density at radius 3 is 1.88 bits per heavy atom. The van der Waals surface area contributed by atoms with Crippen LogP contribution < -0.4 is 4.90 Å². The van der Waals surface area contributed by atoms with Gasteiger partial charge in [-0.15, -0.1) is 0 Å². The van der Waals surface area contributed by atoms with Gasteiger partial charge < -0.3 is 9.47 Å². The fraction of sp³-hybridized carbons (Fsp3) is 0.167. The van der Waals surface area contributed by atoms with Gasteiger partial charge in [0.05, 0.1) is 5.52 Å². The highest BCUT2D eigenvalue weighted by Crippen LogP contribution is 2.41. The summed E-state index contributed by atoms with van der Waals surface area (Å²) in [6.07, 6.45) is 15.8. The van der Waals surface area contributed by atoms with Crippen molar-refractivity contribution in [1.29, 1.82) is 0 Å². The second-order valence-corrected chi connectivity index (χ2v) is 13.2. The van der Waals surface area contributed by atoms with Crippen LogP contribution in [0.15, 0.2) is 164 Å². The highest BCUT2D eigenvalue weighted by atomic mass is 15.1. The zero-order valence-corrected chi connectivity index (χ0v) is 29.9. The van der Waals surface area contributed by atoms with Gasteiger partial charge in [-0.25, -0.2) is 0 Å². The summed E-state index contributed by atoms with van der Waals surface area (Å²) in [7, 11) is 2.23. The van der Waals surface area contributed by atoms with E-state index in [9.17, 15) is 0 Å². The molecule has 2 aliphatic carbocycles. The molecule has 8 rings (SSSR count). The fourth-order valence-corrected chi connectivity index (χ4v) is 7.08. The Morgan fingerprint density at radius 1 is 0.700 bits per heavy atom. The van der Waals surface area contributed by atoms with E-state index in [4.69, 9.17) is 0 Å². The monoisotopic (exact) mass is 652 g/mol. The van der Waals surface area contributed by atoms with Crippen molar-refractivity contribution >= 4 is 44.8 Å². The Kier molecular flexibility index (Phi) is 10.8. The lowest BCUT2D eigenvalue weighted by atomic mass is 9.88. The van der Waals surface area contributed by atoms with Gasteiger partial charge >= 0.3 is 0 Å². The quantitative estimate of drug-likeness (QED) is 0.168. The highest BCUT2D eigenvalue weighted by Gasteiger charge is 2.22. The van der Waals surface area contributed by atoms with Gasteiger partial charge in [0.2, 0.25) is 0 Å². The Hall–Kier alpha value is -5.60. The Labute approximate surface area is 298 Å². The third-order valence-corrected chi connectivity index (χ3v) is 9.83. The maximum Gasteiger partial charge on any atom is 0.0565 e. The molecule has 2 heteroatoms. The molecule has 0 amide bonds. The van der Waals surface area contributed by atoms with Crippen molar-refractivity contribution in [2.75, 3.05) is 4.90 Å². The summed E-state index contributed by atoms with van der Waals surface area (Å²) in [5.74, 6) is 0.602. The first-order valence-corrected chi connectivity index (χ1v) is 17.7. The zero-order valence-electron chi connectivity index (χ0n) is 29.9. The molecular weight excluding hydrogens is 605 g/mol. The van der Waals surface area contributed by atoms with Crippen LogP contribution in [0, 0.1) is 19.8 Å². The Morgan fingerprint density at radius 2 is 1.32 bits per heavy atom. The largest absolute Gasteiger partial charge is 0.343 e. The Bertz CT molecular complexity index is 2140. The van der Waals surface area contributed by atoms with E-state index in [1.807, 2.05) is 0 Å². The number of nitrogens with zero attached hydrogens (tertiary/aromatic N) is 2. The number of hydrogen-bond donors (Lipinski definition) is 0. The first kappa shape index (κ1) is 34.3. The molecule has 0 N–H and O–H groups in total. The van der Waals surface area contributed by atoms with E-state index in [0.717, 1.165) is 19.3 Å². The maximum atomic E-state index is 3.36. The maximum absolute atomic E-state index is 3.36. The molecule has 6 aromatic rings. The molecule has 1 atom stereocenters. The highest BCUT2D eigenvalue weighted by molar-refractivity contribution is 6.14. The molecular formula is C48H48N2. The number of benzene rings is 5. The van der Waals surface area contributed by atoms with Crippen LogP contribution in [-0.4, -0.2) is 4.57 Å². The van der Waals surface area contributed by atoms with Crippen LogP contribution in [0.5, 0.6) is 0 Å². The van der Waals surface area contributed by atoms with Crippen molar-refractivity contribution in [3.8, 4) is 0 Å². The zero-order chi connectivity index (χ0) is 35.0. The molecule has 0 fully saturated rings. The molecule has 5 aromatic carbocycles. The number of rotatable bonds is 5. The minimum Gasteiger partial charge on any atom is -0.343 e. The molecule has 0 spiro atoms.